The van der Waals surface area contributed by atoms with Crippen LogP contribution in [0.2, 0.25) is 0 Å². The fraction of sp³-hybridized carbons (Fsp3) is 0.0400. The van der Waals surface area contributed by atoms with Crippen LogP contribution in [0.4, 0.5) is 9.18 Å². The maximum Gasteiger partial charge on any atom is 0.293 e. The summed E-state index contributed by atoms with van der Waals surface area (Å²) in [4.78, 5) is 27.0. The molecule has 1 aliphatic rings. The number of imide groups is 1. The fourth-order valence-electron chi connectivity index (χ4n) is 3.57. The summed E-state index contributed by atoms with van der Waals surface area (Å²) in [6, 6.07) is 23.2. The van der Waals surface area contributed by atoms with Crippen molar-refractivity contribution in [2.24, 2.45) is 0 Å². The maximum atomic E-state index is 13.1. The average Bonchev–Trinajstić information content (AvgIpc) is 3.35. The first-order valence-corrected chi connectivity index (χ1v) is 10.5. The van der Waals surface area contributed by atoms with Crippen LogP contribution in [0.15, 0.2) is 88.2 Å². The lowest BCUT2D eigenvalue weighted by Crippen LogP contribution is -2.27. The number of hydrogen-bond donors (Lipinski definition) is 0. The van der Waals surface area contributed by atoms with E-state index < -0.39 is 0 Å². The van der Waals surface area contributed by atoms with Crippen LogP contribution in [-0.2, 0) is 11.3 Å². The Kier molecular flexibility index (Phi) is 4.92. The number of carbonyl (C=O) groups is 2. The van der Waals surface area contributed by atoms with E-state index in [9.17, 15) is 14.0 Å². The van der Waals surface area contributed by atoms with E-state index in [1.807, 2.05) is 42.5 Å². The van der Waals surface area contributed by atoms with Gasteiger partial charge in [0.05, 0.1) is 11.4 Å². The predicted octanol–water partition coefficient (Wildman–Crippen LogP) is 6.48. The highest BCUT2D eigenvalue weighted by molar-refractivity contribution is 8.18. The molecule has 0 bridgehead atoms. The van der Waals surface area contributed by atoms with Crippen LogP contribution in [0.1, 0.15) is 11.3 Å². The lowest BCUT2D eigenvalue weighted by molar-refractivity contribution is -0.123. The Bertz CT molecular complexity index is 1340. The first-order chi connectivity index (χ1) is 15.1. The van der Waals surface area contributed by atoms with Crippen LogP contribution in [0.25, 0.3) is 28.2 Å². The Balaban J connectivity index is 1.39. The van der Waals surface area contributed by atoms with Gasteiger partial charge in [0.25, 0.3) is 11.1 Å². The summed E-state index contributed by atoms with van der Waals surface area (Å²) < 4.78 is 18.9. The summed E-state index contributed by atoms with van der Waals surface area (Å²) in [5.41, 5.74) is 1.64. The van der Waals surface area contributed by atoms with E-state index in [0.29, 0.717) is 16.4 Å². The van der Waals surface area contributed by atoms with Crippen molar-refractivity contribution in [3.8, 4) is 11.3 Å². The number of benzene rings is 3. The molecule has 5 rings (SSSR count). The fourth-order valence-corrected chi connectivity index (χ4v) is 4.38. The maximum absolute atomic E-state index is 13.1. The summed E-state index contributed by atoms with van der Waals surface area (Å²) in [5.74, 6) is 0.342. The number of halogens is 1. The summed E-state index contributed by atoms with van der Waals surface area (Å²) >= 11 is 0.897. The Morgan fingerprint density at radius 2 is 1.68 bits per heavy atom. The Hall–Kier alpha value is -3.64. The van der Waals surface area contributed by atoms with Gasteiger partial charge in [-0.25, -0.2) is 4.39 Å². The number of amides is 2. The zero-order valence-electron chi connectivity index (χ0n) is 16.2. The van der Waals surface area contributed by atoms with Crippen molar-refractivity contribution < 1.29 is 18.4 Å². The molecule has 2 amide bonds. The molecule has 0 unspecified atom stereocenters. The summed E-state index contributed by atoms with van der Waals surface area (Å²) in [5, 5.41) is 1.77. The van der Waals surface area contributed by atoms with Crippen molar-refractivity contribution in [1.29, 1.82) is 0 Å². The van der Waals surface area contributed by atoms with Gasteiger partial charge in [0.2, 0.25) is 0 Å². The quantitative estimate of drug-likeness (QED) is 0.349. The minimum absolute atomic E-state index is 0.211. The molecule has 152 valence electrons. The van der Waals surface area contributed by atoms with Crippen molar-refractivity contribution in [2.45, 2.75) is 6.54 Å². The summed E-state index contributed by atoms with van der Waals surface area (Å²) in [6.45, 7) is 0.211. The minimum atomic E-state index is -0.345. The first kappa shape index (κ1) is 19.3. The van der Waals surface area contributed by atoms with Gasteiger partial charge in [-0.3, -0.25) is 14.5 Å². The SMILES string of the molecule is O=C1S/C(=C/c2ccc(-c3ccc(F)cc3)o2)C(=O)N1Cc1cccc2ccccc12. The third-order valence-electron chi connectivity index (χ3n) is 5.11. The van der Waals surface area contributed by atoms with Crippen LogP contribution in [-0.4, -0.2) is 16.0 Å². The number of nitrogens with zero attached hydrogens (tertiary/aromatic N) is 1. The van der Waals surface area contributed by atoms with E-state index in [-0.39, 0.29) is 23.5 Å². The molecule has 3 aromatic carbocycles. The topological polar surface area (TPSA) is 50.5 Å². The van der Waals surface area contributed by atoms with Gasteiger partial charge in [-0.15, -0.1) is 0 Å². The van der Waals surface area contributed by atoms with Gasteiger partial charge in [0, 0.05) is 11.6 Å². The standard InChI is InChI=1S/C25H16FNO3S/c26-19-10-8-17(9-11-19)22-13-12-20(30-22)14-23-24(28)27(25(29)31-23)15-18-6-3-5-16-4-1-2-7-21(16)18/h1-14H,15H2/b23-14+. The van der Waals surface area contributed by atoms with E-state index >= 15 is 0 Å². The van der Waals surface area contributed by atoms with E-state index in [2.05, 4.69) is 0 Å². The predicted molar refractivity (Wildman–Crippen MR) is 120 cm³/mol. The normalized spacial score (nSPS) is 15.4. The smallest absolute Gasteiger partial charge is 0.293 e. The highest BCUT2D eigenvalue weighted by Crippen LogP contribution is 2.35. The van der Waals surface area contributed by atoms with Crippen LogP contribution in [0.3, 0.4) is 0 Å². The highest BCUT2D eigenvalue weighted by Gasteiger charge is 2.35. The summed E-state index contributed by atoms with van der Waals surface area (Å²) in [6.07, 6.45) is 1.57. The molecule has 1 saturated heterocycles. The molecule has 6 heteroatoms. The second-order valence-corrected chi connectivity index (χ2v) is 8.11. The average molecular weight is 429 g/mol. The molecule has 1 fully saturated rings. The van der Waals surface area contributed by atoms with Crippen molar-refractivity contribution in [2.75, 3.05) is 0 Å². The molecule has 1 aliphatic heterocycles. The zero-order valence-corrected chi connectivity index (χ0v) is 17.1. The van der Waals surface area contributed by atoms with Gasteiger partial charge < -0.3 is 4.42 Å². The van der Waals surface area contributed by atoms with Gasteiger partial charge in [0.15, 0.2) is 0 Å². The minimum Gasteiger partial charge on any atom is -0.457 e. The van der Waals surface area contributed by atoms with Crippen molar-refractivity contribution in [1.82, 2.24) is 4.90 Å². The first-order valence-electron chi connectivity index (χ1n) is 9.66. The Labute approximate surface area is 182 Å². The lowest BCUT2D eigenvalue weighted by Gasteiger charge is -2.14. The highest BCUT2D eigenvalue weighted by atomic mass is 32.2. The number of furan rings is 1. The van der Waals surface area contributed by atoms with Crippen LogP contribution >= 0.6 is 11.8 Å². The number of hydrogen-bond acceptors (Lipinski definition) is 4. The number of carbonyl (C=O) groups excluding carboxylic acids is 2. The van der Waals surface area contributed by atoms with Gasteiger partial charge in [-0.05, 0) is 64.5 Å². The number of thioether (sulfide) groups is 1. The summed E-state index contributed by atoms with van der Waals surface area (Å²) in [7, 11) is 0. The molecule has 0 N–H and O–H groups in total. The molecule has 0 radical (unpaired) electrons. The third-order valence-corrected chi connectivity index (χ3v) is 6.02. The van der Waals surface area contributed by atoms with E-state index in [4.69, 9.17) is 4.42 Å². The van der Waals surface area contributed by atoms with Crippen molar-refractivity contribution >= 4 is 39.8 Å². The molecule has 0 spiro atoms. The molecule has 0 atom stereocenters. The number of fused-ring (bicyclic) bond motifs is 1. The Morgan fingerprint density at radius 3 is 2.52 bits per heavy atom. The van der Waals surface area contributed by atoms with E-state index in [0.717, 1.165) is 33.7 Å². The second-order valence-electron chi connectivity index (χ2n) is 7.12. The van der Waals surface area contributed by atoms with Crippen molar-refractivity contribution in [3.63, 3.8) is 0 Å². The third kappa shape index (κ3) is 3.78. The largest absolute Gasteiger partial charge is 0.457 e. The van der Waals surface area contributed by atoms with Crippen LogP contribution in [0, 0.1) is 5.82 Å². The second kappa shape index (κ2) is 7.89. The van der Waals surface area contributed by atoms with E-state index in [1.54, 1.807) is 30.3 Å². The van der Waals surface area contributed by atoms with Gasteiger partial charge in [-0.2, -0.15) is 0 Å². The van der Waals surface area contributed by atoms with Gasteiger partial charge in [-0.1, -0.05) is 42.5 Å². The van der Waals surface area contributed by atoms with Crippen LogP contribution in [0.5, 0.6) is 0 Å². The molecule has 4 aromatic rings. The van der Waals surface area contributed by atoms with E-state index in [1.165, 1.54) is 17.0 Å². The molecular weight excluding hydrogens is 413 g/mol. The monoisotopic (exact) mass is 429 g/mol. The van der Waals surface area contributed by atoms with Gasteiger partial charge >= 0.3 is 0 Å². The molecule has 4 nitrogen and oxygen atoms in total. The van der Waals surface area contributed by atoms with Crippen LogP contribution < -0.4 is 0 Å². The Morgan fingerprint density at radius 1 is 0.903 bits per heavy atom. The number of rotatable bonds is 4. The molecular formula is C25H16FNO3S. The molecule has 0 saturated carbocycles. The molecule has 0 aliphatic carbocycles. The zero-order chi connectivity index (χ0) is 21.4. The van der Waals surface area contributed by atoms with Crippen molar-refractivity contribution in [3.05, 3.63) is 101 Å². The molecule has 1 aromatic heterocycles. The lowest BCUT2D eigenvalue weighted by atomic mass is 10.0. The molecule has 2 heterocycles. The van der Waals surface area contributed by atoms with Gasteiger partial charge in [0.1, 0.15) is 17.3 Å². The molecule has 31 heavy (non-hydrogen) atoms.